The number of hydrogen-bond acceptors (Lipinski definition) is 5. The van der Waals surface area contributed by atoms with Crippen LogP contribution < -0.4 is 0 Å². The van der Waals surface area contributed by atoms with Crippen LogP contribution in [0.2, 0.25) is 0 Å². The van der Waals surface area contributed by atoms with E-state index in [-0.39, 0.29) is 27.8 Å². The first-order valence-electron chi connectivity index (χ1n) is 13.5. The molecule has 0 unspecified atom stereocenters. The molecule has 0 aromatic heterocycles. The van der Waals surface area contributed by atoms with Gasteiger partial charge in [-0.1, -0.05) is 85.0 Å². The third-order valence-electron chi connectivity index (χ3n) is 8.67. The van der Waals surface area contributed by atoms with E-state index in [1.807, 2.05) is 54.6 Å². The Bertz CT molecular complexity index is 2320. The molecule has 5 N–H and O–H groups in total. The summed E-state index contributed by atoms with van der Waals surface area (Å²) >= 11 is 0. The zero-order chi connectivity index (χ0) is 28.2. The van der Waals surface area contributed by atoms with E-state index < -0.39 is 17.2 Å². The van der Waals surface area contributed by atoms with Crippen LogP contribution in [0.3, 0.4) is 0 Å². The fourth-order valence-corrected chi connectivity index (χ4v) is 6.84. The Morgan fingerprint density at radius 1 is 0.512 bits per heavy atom. The van der Waals surface area contributed by atoms with Gasteiger partial charge in [0.25, 0.3) is 0 Å². The molecule has 2 bridgehead atoms. The zero-order valence-corrected chi connectivity index (χ0v) is 22.0. The lowest BCUT2D eigenvalue weighted by Crippen LogP contribution is -1.96. The van der Waals surface area contributed by atoms with Gasteiger partial charge in [0.05, 0.1) is 5.39 Å². The Kier molecular flexibility index (Phi) is 4.61. The fraction of sp³-hybridized carbons (Fsp3) is 0.0556. The second-order valence-electron chi connectivity index (χ2n) is 10.9. The summed E-state index contributed by atoms with van der Waals surface area (Å²) in [7, 11) is 0. The molecule has 2 aliphatic rings. The first-order valence-corrected chi connectivity index (χ1v) is 13.5. The van der Waals surface area contributed by atoms with Crippen molar-refractivity contribution in [2.24, 2.45) is 0 Å². The fourth-order valence-electron chi connectivity index (χ4n) is 6.84. The van der Waals surface area contributed by atoms with Gasteiger partial charge in [0.15, 0.2) is 11.5 Å². The third-order valence-corrected chi connectivity index (χ3v) is 8.67. The quantitative estimate of drug-likeness (QED) is 0.0824. The van der Waals surface area contributed by atoms with Crippen LogP contribution in [0.4, 0.5) is 0 Å². The molecule has 5 nitrogen and oxygen atoms in total. The van der Waals surface area contributed by atoms with E-state index >= 15 is 0 Å². The van der Waals surface area contributed by atoms with Gasteiger partial charge in [-0.3, -0.25) is 0 Å². The second-order valence-corrected chi connectivity index (χ2v) is 10.9. The van der Waals surface area contributed by atoms with Crippen LogP contribution in [0.5, 0.6) is 28.7 Å². The summed E-state index contributed by atoms with van der Waals surface area (Å²) in [5.41, 5.74) is 4.63. The number of phenolic OH excluding ortho intramolecular Hbond substituents is 5. The molecular formula is C36H24O5. The molecule has 0 spiro atoms. The van der Waals surface area contributed by atoms with Crippen molar-refractivity contribution in [2.45, 2.75) is 13.3 Å². The van der Waals surface area contributed by atoms with E-state index in [0.717, 1.165) is 39.1 Å². The Morgan fingerprint density at radius 2 is 1.17 bits per heavy atom. The number of fused-ring (bicyclic) bond motifs is 6. The first kappa shape index (κ1) is 23.5. The highest BCUT2D eigenvalue weighted by Gasteiger charge is 2.29. The number of hydrogen-bond donors (Lipinski definition) is 5. The average molecular weight is 537 g/mol. The third kappa shape index (κ3) is 2.95. The van der Waals surface area contributed by atoms with Gasteiger partial charge in [0.2, 0.25) is 5.75 Å². The summed E-state index contributed by atoms with van der Waals surface area (Å²) < 4.78 is 0. The molecule has 0 fully saturated rings. The lowest BCUT2D eigenvalue weighted by atomic mass is 9.81. The minimum absolute atomic E-state index is 0.0116. The Labute approximate surface area is 234 Å². The van der Waals surface area contributed by atoms with Gasteiger partial charge >= 0.3 is 0 Å². The Balaban J connectivity index is 1.70. The second kappa shape index (κ2) is 8.05. The first-order chi connectivity index (χ1) is 19.9. The van der Waals surface area contributed by atoms with Gasteiger partial charge in [-0.05, 0) is 62.6 Å². The molecule has 0 amide bonds. The van der Waals surface area contributed by atoms with Crippen LogP contribution in [-0.2, 0) is 0 Å². The summed E-state index contributed by atoms with van der Waals surface area (Å²) in [6, 6.07) is 13.8. The predicted molar refractivity (Wildman–Crippen MR) is 165 cm³/mol. The molecular weight excluding hydrogens is 512 g/mol. The molecule has 2 aliphatic carbocycles. The molecule has 0 radical (unpaired) electrons. The maximum Gasteiger partial charge on any atom is 0.201 e. The lowest BCUT2D eigenvalue weighted by molar-refractivity contribution is 0.372. The molecule has 6 aromatic rings. The molecule has 0 saturated carbocycles. The maximum atomic E-state index is 11.4. The summed E-state index contributed by atoms with van der Waals surface area (Å²) in [5, 5.41) is 61.5. The van der Waals surface area contributed by atoms with E-state index in [2.05, 4.69) is 30.4 Å². The van der Waals surface area contributed by atoms with Gasteiger partial charge in [-0.2, -0.15) is 0 Å². The molecule has 0 atom stereocenters. The lowest BCUT2D eigenvalue weighted by Gasteiger charge is -2.23. The molecule has 5 heteroatoms. The van der Waals surface area contributed by atoms with Crippen LogP contribution in [0.25, 0.3) is 59.4 Å². The number of phenols is 5. The molecule has 0 saturated heterocycles. The minimum atomic E-state index is -0.717. The largest absolute Gasteiger partial charge is 0.507 e. The highest BCUT2D eigenvalue weighted by Crippen LogP contribution is 2.58. The molecule has 0 heterocycles. The summed E-state index contributed by atoms with van der Waals surface area (Å²) in [4.78, 5) is 0. The number of allylic oxidation sites excluding steroid dienone is 10. The number of benzene rings is 6. The number of rotatable bonds is 1. The van der Waals surface area contributed by atoms with Crippen LogP contribution in [0.15, 0.2) is 96.1 Å². The molecule has 6 aromatic carbocycles. The van der Waals surface area contributed by atoms with Gasteiger partial charge in [-0.15, -0.1) is 0 Å². The Hall–Kier alpha value is -5.42. The van der Waals surface area contributed by atoms with Crippen molar-refractivity contribution >= 4 is 59.4 Å². The monoisotopic (exact) mass is 536 g/mol. The highest BCUT2D eigenvalue weighted by molar-refractivity contribution is 6.42. The maximum absolute atomic E-state index is 11.4. The van der Waals surface area contributed by atoms with Crippen molar-refractivity contribution in [3.05, 3.63) is 107 Å². The van der Waals surface area contributed by atoms with E-state index in [1.54, 1.807) is 6.92 Å². The highest BCUT2D eigenvalue weighted by atomic mass is 16.3. The summed E-state index contributed by atoms with van der Waals surface area (Å²) in [5.74, 6) is -2.34. The van der Waals surface area contributed by atoms with Gasteiger partial charge in [0, 0.05) is 27.1 Å². The SMILES string of the molecule is Cc1c(O)c2c(O)c(O)c(O)c3c2c(c1O)c1cccc2c(C4=CC5=CC=CC=C(C=C4)C5)c4ccccc4c3c21. The van der Waals surface area contributed by atoms with Crippen molar-refractivity contribution in [3.63, 3.8) is 0 Å². The molecule has 41 heavy (non-hydrogen) atoms. The van der Waals surface area contributed by atoms with E-state index in [9.17, 15) is 25.5 Å². The topological polar surface area (TPSA) is 101 Å². The Morgan fingerprint density at radius 3 is 1.98 bits per heavy atom. The van der Waals surface area contributed by atoms with Gasteiger partial charge in [-0.25, -0.2) is 0 Å². The van der Waals surface area contributed by atoms with Crippen LogP contribution in [0, 0.1) is 6.92 Å². The zero-order valence-electron chi connectivity index (χ0n) is 22.0. The normalized spacial score (nSPS) is 15.1. The van der Waals surface area contributed by atoms with Crippen molar-refractivity contribution < 1.29 is 25.5 Å². The summed E-state index contributed by atoms with van der Waals surface area (Å²) in [6.07, 6.45) is 15.7. The van der Waals surface area contributed by atoms with Crippen molar-refractivity contribution in [3.8, 4) is 28.7 Å². The van der Waals surface area contributed by atoms with Crippen molar-refractivity contribution in [1.82, 2.24) is 0 Å². The van der Waals surface area contributed by atoms with Gasteiger partial charge < -0.3 is 25.5 Å². The smallest absolute Gasteiger partial charge is 0.201 e. The number of aromatic hydroxyl groups is 5. The molecule has 8 rings (SSSR count). The van der Waals surface area contributed by atoms with Crippen LogP contribution in [-0.4, -0.2) is 25.5 Å². The predicted octanol–water partition coefficient (Wildman–Crippen LogP) is 8.49. The van der Waals surface area contributed by atoms with E-state index in [4.69, 9.17) is 0 Å². The van der Waals surface area contributed by atoms with Crippen LogP contribution >= 0.6 is 0 Å². The molecule has 198 valence electrons. The van der Waals surface area contributed by atoms with Crippen LogP contribution in [0.1, 0.15) is 17.5 Å². The summed E-state index contributed by atoms with van der Waals surface area (Å²) in [6.45, 7) is 1.56. The standard InChI is InChI=1S/C36H24O5/c1-17-32(37)28-24-12-6-11-23-25(20-14-13-18-7-2-3-8-19(15-18)16-20)21-9-4-5-10-22(21)27(26(23)24)30-29(28)31(33(17)38)35(40)36(41)34(30)39/h2-14,16,37-41H,15H2,1H3. The van der Waals surface area contributed by atoms with Gasteiger partial charge in [0.1, 0.15) is 11.5 Å². The average Bonchev–Trinajstić information content (AvgIpc) is 3.34. The van der Waals surface area contributed by atoms with E-state index in [0.29, 0.717) is 21.5 Å². The van der Waals surface area contributed by atoms with Crippen molar-refractivity contribution in [2.75, 3.05) is 0 Å². The van der Waals surface area contributed by atoms with Crippen molar-refractivity contribution in [1.29, 1.82) is 0 Å². The van der Waals surface area contributed by atoms with E-state index in [1.165, 1.54) is 11.1 Å². The minimum Gasteiger partial charge on any atom is -0.507 e. The molecule has 0 aliphatic heterocycles.